The summed E-state index contributed by atoms with van der Waals surface area (Å²) in [6.07, 6.45) is 4.28. The molecule has 0 aliphatic heterocycles. The number of ether oxygens (including phenoxy) is 3. The van der Waals surface area contributed by atoms with Crippen LogP contribution in [0, 0.1) is 6.92 Å². The van der Waals surface area contributed by atoms with Gasteiger partial charge in [0.2, 0.25) is 0 Å². The van der Waals surface area contributed by atoms with Crippen molar-refractivity contribution in [1.29, 1.82) is 0 Å². The fraction of sp³-hybridized carbons (Fsp3) is 0.464. The lowest BCUT2D eigenvalue weighted by Crippen LogP contribution is -2.50. The van der Waals surface area contributed by atoms with Crippen LogP contribution in [-0.4, -0.2) is 56.0 Å². The number of aromatic nitrogens is 5. The molecule has 0 saturated heterocycles. The molecule has 1 aliphatic carbocycles. The molecule has 0 spiro atoms. The summed E-state index contributed by atoms with van der Waals surface area (Å²) in [6.45, 7) is 8.22. The number of hydrogen-bond donors (Lipinski definition) is 0. The maximum absolute atomic E-state index is 14.1. The highest BCUT2D eigenvalue weighted by atomic mass is 32.1. The zero-order chi connectivity index (χ0) is 28.7. The van der Waals surface area contributed by atoms with Gasteiger partial charge in [-0.2, -0.15) is 10.2 Å². The number of hydrogen-bond acceptors (Lipinski definition) is 9. The fourth-order valence-corrected chi connectivity index (χ4v) is 5.99. The number of rotatable bonds is 10. The molecule has 40 heavy (non-hydrogen) atoms. The third-order valence-corrected chi connectivity index (χ3v) is 8.12. The van der Waals surface area contributed by atoms with Crippen molar-refractivity contribution in [3.63, 3.8) is 0 Å². The molecule has 0 radical (unpaired) electrons. The Labute approximate surface area is 234 Å². The number of para-hydroxylation sites is 1. The van der Waals surface area contributed by atoms with Gasteiger partial charge in [-0.15, -0.1) is 4.80 Å². The van der Waals surface area contributed by atoms with Crippen LogP contribution in [0.15, 0.2) is 46.2 Å². The van der Waals surface area contributed by atoms with Crippen molar-refractivity contribution in [3.05, 3.63) is 68.6 Å². The summed E-state index contributed by atoms with van der Waals surface area (Å²) in [4.78, 5) is 43.4. The summed E-state index contributed by atoms with van der Waals surface area (Å²) >= 11 is 1.27. The molecule has 11 nitrogen and oxygen atoms in total. The molecule has 1 fully saturated rings. The van der Waals surface area contributed by atoms with Crippen LogP contribution in [-0.2, 0) is 32.8 Å². The number of carbonyl (C=O) groups is 1. The lowest BCUT2D eigenvalue weighted by Gasteiger charge is -2.25. The van der Waals surface area contributed by atoms with Crippen LogP contribution in [0.4, 0.5) is 0 Å². The lowest BCUT2D eigenvalue weighted by molar-refractivity contribution is -0.161. The van der Waals surface area contributed by atoms with Gasteiger partial charge in [-0.25, -0.2) is 14.2 Å². The average Bonchev–Trinajstić information content (AvgIpc) is 3.35. The highest BCUT2D eigenvalue weighted by Crippen LogP contribution is 2.44. The zero-order valence-corrected chi connectivity index (χ0v) is 24.1. The fourth-order valence-electron chi connectivity index (χ4n) is 4.75. The number of carbonyl (C=O) groups excluding carboxylic acids is 1. The summed E-state index contributed by atoms with van der Waals surface area (Å²) in [7, 11) is 1.61. The minimum Gasteiger partial charge on any atom is -0.491 e. The molecule has 1 aromatic carbocycles. The standard InChI is InChI=1S/C28H33N5O6S/c1-18-21-22(34)32(28(11-12-28)25(35)39-27(2,3)4)26(36)31(24(21)40-23(18)33-29-13-14-30-33)15-10-19-8-6-7-9-20(19)38-17-16-37-5/h6-9,13-14H,10-12,15-17H2,1-5H3. The summed E-state index contributed by atoms with van der Waals surface area (Å²) in [6, 6.07) is 7.63. The van der Waals surface area contributed by atoms with Gasteiger partial charge in [0, 0.05) is 19.2 Å². The van der Waals surface area contributed by atoms with E-state index >= 15 is 0 Å². The van der Waals surface area contributed by atoms with E-state index in [9.17, 15) is 14.4 Å². The number of benzene rings is 1. The molecule has 0 atom stereocenters. The van der Waals surface area contributed by atoms with Crippen LogP contribution in [0.5, 0.6) is 5.75 Å². The molecular formula is C28H33N5O6S. The van der Waals surface area contributed by atoms with E-state index in [0.29, 0.717) is 59.0 Å². The molecule has 0 N–H and O–H groups in total. The normalized spacial score (nSPS) is 14.4. The minimum atomic E-state index is -1.32. The van der Waals surface area contributed by atoms with Crippen molar-refractivity contribution < 1.29 is 19.0 Å². The van der Waals surface area contributed by atoms with Crippen molar-refractivity contribution in [2.75, 3.05) is 20.3 Å². The van der Waals surface area contributed by atoms with Gasteiger partial charge in [0.05, 0.1) is 24.4 Å². The van der Waals surface area contributed by atoms with E-state index in [-0.39, 0.29) is 6.54 Å². The van der Waals surface area contributed by atoms with E-state index in [1.165, 1.54) is 16.1 Å². The van der Waals surface area contributed by atoms with E-state index in [1.807, 2.05) is 31.2 Å². The predicted octanol–water partition coefficient (Wildman–Crippen LogP) is 3.21. The molecule has 0 unspecified atom stereocenters. The van der Waals surface area contributed by atoms with Gasteiger partial charge in [-0.05, 0) is 58.6 Å². The van der Waals surface area contributed by atoms with Gasteiger partial charge in [-0.1, -0.05) is 29.5 Å². The highest BCUT2D eigenvalue weighted by molar-refractivity contribution is 7.21. The van der Waals surface area contributed by atoms with Crippen LogP contribution < -0.4 is 16.0 Å². The molecule has 12 heteroatoms. The van der Waals surface area contributed by atoms with Crippen LogP contribution in [0.1, 0.15) is 44.7 Å². The monoisotopic (exact) mass is 567 g/mol. The second-order valence-corrected chi connectivity index (χ2v) is 11.8. The number of esters is 1. The third kappa shape index (κ3) is 5.08. The number of fused-ring (bicyclic) bond motifs is 1. The van der Waals surface area contributed by atoms with Crippen molar-refractivity contribution in [1.82, 2.24) is 24.1 Å². The molecule has 0 bridgehead atoms. The predicted molar refractivity (Wildman–Crippen MR) is 151 cm³/mol. The maximum atomic E-state index is 14.1. The number of aryl methyl sites for hydroxylation is 3. The largest absolute Gasteiger partial charge is 0.491 e. The van der Waals surface area contributed by atoms with E-state index in [4.69, 9.17) is 14.2 Å². The number of nitrogens with zero attached hydrogens (tertiary/aromatic N) is 5. The summed E-state index contributed by atoms with van der Waals surface area (Å²) in [5, 5.41) is 9.48. The smallest absolute Gasteiger partial charge is 0.333 e. The Hall–Kier alpha value is -3.77. The van der Waals surface area contributed by atoms with Crippen LogP contribution in [0.3, 0.4) is 0 Å². The van der Waals surface area contributed by atoms with E-state index in [0.717, 1.165) is 10.1 Å². The molecule has 212 valence electrons. The van der Waals surface area contributed by atoms with Gasteiger partial charge in [0.25, 0.3) is 5.56 Å². The Kier molecular flexibility index (Phi) is 7.40. The van der Waals surface area contributed by atoms with Gasteiger partial charge < -0.3 is 14.2 Å². The Bertz CT molecular complexity index is 1660. The van der Waals surface area contributed by atoms with Gasteiger partial charge in [0.15, 0.2) is 5.54 Å². The van der Waals surface area contributed by atoms with Crippen molar-refractivity contribution in [3.8, 4) is 10.8 Å². The number of methoxy groups -OCH3 is 1. The lowest BCUT2D eigenvalue weighted by atomic mass is 10.1. The Morgan fingerprint density at radius 3 is 2.45 bits per heavy atom. The summed E-state index contributed by atoms with van der Waals surface area (Å²) in [5.41, 5.74) is -1.57. The van der Waals surface area contributed by atoms with Gasteiger partial charge in [0.1, 0.15) is 27.8 Å². The summed E-state index contributed by atoms with van der Waals surface area (Å²) in [5.74, 6) is 0.136. The van der Waals surface area contributed by atoms with E-state index in [1.54, 1.807) is 44.8 Å². The maximum Gasteiger partial charge on any atom is 0.333 e. The van der Waals surface area contributed by atoms with Gasteiger partial charge >= 0.3 is 11.7 Å². The first-order chi connectivity index (χ1) is 19.1. The van der Waals surface area contributed by atoms with E-state index in [2.05, 4.69) is 10.2 Å². The van der Waals surface area contributed by atoms with Crippen molar-refractivity contribution >= 4 is 27.5 Å². The molecule has 3 aromatic heterocycles. The topological polar surface area (TPSA) is 119 Å². The molecular weight excluding hydrogens is 534 g/mol. The van der Waals surface area contributed by atoms with Crippen molar-refractivity contribution in [2.24, 2.45) is 0 Å². The molecule has 1 aliphatic rings. The quantitative estimate of drug-likeness (QED) is 0.212. The van der Waals surface area contributed by atoms with Crippen LogP contribution in [0.2, 0.25) is 0 Å². The van der Waals surface area contributed by atoms with E-state index < -0.39 is 28.4 Å². The van der Waals surface area contributed by atoms with Crippen molar-refractivity contribution in [2.45, 2.75) is 64.6 Å². The van der Waals surface area contributed by atoms with Crippen LogP contribution in [0.25, 0.3) is 15.2 Å². The molecule has 3 heterocycles. The molecule has 1 saturated carbocycles. The summed E-state index contributed by atoms with van der Waals surface area (Å²) < 4.78 is 19.4. The zero-order valence-electron chi connectivity index (χ0n) is 23.3. The second kappa shape index (κ2) is 10.7. The Balaban J connectivity index is 1.64. The molecule has 4 aromatic rings. The first kappa shape index (κ1) is 27.8. The second-order valence-electron chi connectivity index (χ2n) is 10.8. The molecule has 5 rings (SSSR count). The molecule has 0 amide bonds. The van der Waals surface area contributed by atoms with Gasteiger partial charge in [-0.3, -0.25) is 9.36 Å². The first-order valence-electron chi connectivity index (χ1n) is 13.2. The Morgan fingerprint density at radius 1 is 1.10 bits per heavy atom. The third-order valence-electron chi connectivity index (χ3n) is 6.84. The SMILES string of the molecule is COCCOc1ccccc1CCn1c(=O)n(C2(C(=O)OC(C)(C)C)CC2)c(=O)c2c(C)c(-n3nccn3)sc21. The number of thiophene rings is 1. The van der Waals surface area contributed by atoms with Crippen LogP contribution >= 0.6 is 11.3 Å². The highest BCUT2D eigenvalue weighted by Gasteiger charge is 2.56. The minimum absolute atomic E-state index is 0.261. The first-order valence-corrected chi connectivity index (χ1v) is 14.0. The average molecular weight is 568 g/mol. The Morgan fingerprint density at radius 2 is 1.80 bits per heavy atom.